The molecule has 0 atom stereocenters. The molecule has 1 N–H and O–H groups in total. The molecule has 2 aliphatic rings. The van der Waals surface area contributed by atoms with Gasteiger partial charge in [-0.05, 0) is 50.6 Å². The van der Waals surface area contributed by atoms with E-state index in [1.807, 2.05) is 6.07 Å². The van der Waals surface area contributed by atoms with Crippen LogP contribution in [0.25, 0.3) is 11.0 Å². The number of hydrogen-bond donors (Lipinski definition) is 1. The van der Waals surface area contributed by atoms with Crippen molar-refractivity contribution in [2.45, 2.75) is 51.5 Å². The lowest BCUT2D eigenvalue weighted by Gasteiger charge is -2.33. The van der Waals surface area contributed by atoms with E-state index >= 15 is 0 Å². The first-order valence-corrected chi connectivity index (χ1v) is 10.2. The number of methoxy groups -OCH3 is 2. The summed E-state index contributed by atoms with van der Waals surface area (Å²) in [4.78, 5) is 12.2. The monoisotopic (exact) mass is 370 g/mol. The van der Waals surface area contributed by atoms with Crippen molar-refractivity contribution in [3.05, 3.63) is 17.3 Å². The zero-order valence-electron chi connectivity index (χ0n) is 16.7. The Kier molecular flexibility index (Phi) is 5.34. The van der Waals surface area contributed by atoms with Gasteiger partial charge in [-0.25, -0.2) is 4.98 Å². The summed E-state index contributed by atoms with van der Waals surface area (Å²) in [5, 5.41) is 3.86. The molecule has 6 nitrogen and oxygen atoms in total. The number of likely N-dealkylation sites (tertiary alicyclic amines) is 1. The van der Waals surface area contributed by atoms with Gasteiger partial charge in [0.15, 0.2) is 5.75 Å². The summed E-state index contributed by atoms with van der Waals surface area (Å²) in [5.74, 6) is 1.15. The summed E-state index contributed by atoms with van der Waals surface area (Å²) in [6, 6.07) is 2.44. The second-order valence-corrected chi connectivity index (χ2v) is 7.54. The molecule has 0 unspecified atom stereocenters. The van der Waals surface area contributed by atoms with Crippen LogP contribution in [0.15, 0.2) is 6.07 Å². The fraction of sp³-hybridized carbons (Fsp3) is 0.619. The fourth-order valence-electron chi connectivity index (χ4n) is 4.35. The largest absolute Gasteiger partial charge is 0.491 e. The highest BCUT2D eigenvalue weighted by molar-refractivity contribution is 5.91. The first kappa shape index (κ1) is 18.3. The predicted molar refractivity (Wildman–Crippen MR) is 108 cm³/mol. The van der Waals surface area contributed by atoms with Crippen LogP contribution >= 0.6 is 0 Å². The molecule has 3 heterocycles. The Balaban J connectivity index is 1.76. The van der Waals surface area contributed by atoms with Crippen molar-refractivity contribution in [1.82, 2.24) is 14.9 Å². The zero-order valence-corrected chi connectivity index (χ0v) is 16.7. The highest BCUT2D eigenvalue weighted by Gasteiger charge is 2.24. The van der Waals surface area contributed by atoms with Gasteiger partial charge in [0.1, 0.15) is 5.52 Å². The Hall–Kier alpha value is -2.08. The Bertz CT molecular complexity index is 810. The fourth-order valence-corrected chi connectivity index (χ4v) is 4.35. The van der Waals surface area contributed by atoms with Gasteiger partial charge in [0.2, 0.25) is 0 Å². The number of pyridine rings is 2. The number of piperidine rings is 1. The molecule has 0 amide bonds. The van der Waals surface area contributed by atoms with Crippen molar-refractivity contribution in [2.75, 3.05) is 39.2 Å². The molecule has 0 bridgehead atoms. The SMILES string of the molecule is CCN1CCC(Nc2c3c(nc4cc(OC)c(OC)nc24)CCCC3)CC1. The van der Waals surface area contributed by atoms with Crippen LogP contribution in [0.3, 0.4) is 0 Å². The number of anilines is 1. The summed E-state index contributed by atoms with van der Waals surface area (Å²) in [6.07, 6.45) is 6.88. The van der Waals surface area contributed by atoms with E-state index < -0.39 is 0 Å². The van der Waals surface area contributed by atoms with Gasteiger partial charge in [-0.1, -0.05) is 6.92 Å². The van der Waals surface area contributed by atoms with Crippen molar-refractivity contribution in [3.8, 4) is 11.6 Å². The molecule has 0 saturated carbocycles. The molecule has 0 radical (unpaired) electrons. The second kappa shape index (κ2) is 7.89. The Labute approximate surface area is 161 Å². The number of nitrogens with zero attached hydrogens (tertiary/aromatic N) is 3. The molecule has 1 saturated heterocycles. The quantitative estimate of drug-likeness (QED) is 0.870. The van der Waals surface area contributed by atoms with Crippen LogP contribution in [0.4, 0.5) is 5.69 Å². The van der Waals surface area contributed by atoms with E-state index in [4.69, 9.17) is 19.4 Å². The van der Waals surface area contributed by atoms with Crippen molar-refractivity contribution in [3.63, 3.8) is 0 Å². The summed E-state index contributed by atoms with van der Waals surface area (Å²) in [7, 11) is 3.28. The maximum absolute atomic E-state index is 5.46. The number of nitrogens with one attached hydrogen (secondary N) is 1. The van der Waals surface area contributed by atoms with Crippen LogP contribution in [-0.4, -0.2) is 54.8 Å². The molecule has 27 heavy (non-hydrogen) atoms. The summed E-state index contributed by atoms with van der Waals surface area (Å²) in [5.41, 5.74) is 5.54. The van der Waals surface area contributed by atoms with Gasteiger partial charge in [0.25, 0.3) is 5.88 Å². The molecule has 0 spiro atoms. The van der Waals surface area contributed by atoms with Crippen LogP contribution in [0, 0.1) is 0 Å². The lowest BCUT2D eigenvalue weighted by atomic mass is 9.93. The number of ether oxygens (including phenoxy) is 2. The predicted octanol–water partition coefficient (Wildman–Crippen LogP) is 3.42. The van der Waals surface area contributed by atoms with E-state index in [0.29, 0.717) is 17.7 Å². The summed E-state index contributed by atoms with van der Waals surface area (Å²) >= 11 is 0. The number of aromatic nitrogens is 2. The molecule has 1 aliphatic carbocycles. The normalized spacial score (nSPS) is 18.3. The minimum Gasteiger partial charge on any atom is -0.491 e. The van der Waals surface area contributed by atoms with Crippen molar-refractivity contribution >= 4 is 16.7 Å². The van der Waals surface area contributed by atoms with Crippen LogP contribution in [0.5, 0.6) is 11.6 Å². The standard InChI is InChI=1S/C21H30N4O2/c1-4-25-11-9-14(10-12-25)22-19-15-7-5-6-8-16(15)23-17-13-18(26-2)21(27-3)24-20(17)19/h13-14H,4-12H2,1-3H3,(H,22,23). The maximum atomic E-state index is 5.46. The summed E-state index contributed by atoms with van der Waals surface area (Å²) in [6.45, 7) is 5.69. The van der Waals surface area contributed by atoms with Crippen LogP contribution in [0.2, 0.25) is 0 Å². The topological polar surface area (TPSA) is 59.5 Å². The molecular weight excluding hydrogens is 340 g/mol. The molecule has 2 aromatic heterocycles. The van der Waals surface area contributed by atoms with E-state index in [9.17, 15) is 0 Å². The van der Waals surface area contributed by atoms with Crippen molar-refractivity contribution in [2.24, 2.45) is 0 Å². The number of hydrogen-bond acceptors (Lipinski definition) is 6. The maximum Gasteiger partial charge on any atom is 0.257 e. The average molecular weight is 370 g/mol. The molecular formula is C21H30N4O2. The van der Waals surface area contributed by atoms with Gasteiger partial charge in [0.05, 0.1) is 25.4 Å². The van der Waals surface area contributed by atoms with Crippen LogP contribution < -0.4 is 14.8 Å². The van der Waals surface area contributed by atoms with E-state index in [1.165, 1.54) is 42.6 Å². The molecule has 146 valence electrons. The second-order valence-electron chi connectivity index (χ2n) is 7.54. The summed E-state index contributed by atoms with van der Waals surface area (Å²) < 4.78 is 10.9. The molecule has 1 fully saturated rings. The van der Waals surface area contributed by atoms with Crippen molar-refractivity contribution < 1.29 is 9.47 Å². The highest BCUT2D eigenvalue weighted by Crippen LogP contribution is 2.37. The number of fused-ring (bicyclic) bond motifs is 2. The third-order valence-corrected chi connectivity index (χ3v) is 5.96. The third kappa shape index (κ3) is 3.55. The zero-order chi connectivity index (χ0) is 18.8. The van der Waals surface area contributed by atoms with Crippen LogP contribution in [-0.2, 0) is 12.8 Å². The molecule has 2 aromatic rings. The average Bonchev–Trinajstić information content (AvgIpc) is 2.73. The van der Waals surface area contributed by atoms with Crippen LogP contribution in [0.1, 0.15) is 43.9 Å². The third-order valence-electron chi connectivity index (χ3n) is 5.96. The van der Waals surface area contributed by atoms with Gasteiger partial charge in [-0.3, -0.25) is 4.98 Å². The van der Waals surface area contributed by atoms with E-state index in [1.54, 1.807) is 14.2 Å². The Morgan fingerprint density at radius 2 is 1.89 bits per heavy atom. The van der Waals surface area contributed by atoms with Gasteiger partial charge >= 0.3 is 0 Å². The van der Waals surface area contributed by atoms with Crippen molar-refractivity contribution in [1.29, 1.82) is 0 Å². The number of rotatable bonds is 5. The minimum absolute atomic E-state index is 0.485. The molecule has 0 aromatic carbocycles. The van der Waals surface area contributed by atoms with Gasteiger partial charge in [0, 0.05) is 30.9 Å². The van der Waals surface area contributed by atoms with E-state index in [0.717, 1.165) is 43.5 Å². The van der Waals surface area contributed by atoms with Gasteiger partial charge < -0.3 is 19.7 Å². The Morgan fingerprint density at radius 1 is 1.11 bits per heavy atom. The van der Waals surface area contributed by atoms with Gasteiger partial charge in [-0.2, -0.15) is 0 Å². The first-order valence-electron chi connectivity index (χ1n) is 10.2. The number of aryl methyl sites for hydroxylation is 1. The molecule has 4 rings (SSSR count). The van der Waals surface area contributed by atoms with E-state index in [2.05, 4.69) is 17.1 Å². The lowest BCUT2D eigenvalue weighted by Crippen LogP contribution is -2.39. The Morgan fingerprint density at radius 3 is 2.59 bits per heavy atom. The van der Waals surface area contributed by atoms with Gasteiger partial charge in [-0.15, -0.1) is 0 Å². The molecule has 6 heteroatoms. The minimum atomic E-state index is 0.485. The smallest absolute Gasteiger partial charge is 0.257 e. The highest BCUT2D eigenvalue weighted by atomic mass is 16.5. The first-order chi connectivity index (χ1) is 13.2. The van der Waals surface area contributed by atoms with E-state index in [-0.39, 0.29) is 0 Å². The molecule has 1 aliphatic heterocycles. The lowest BCUT2D eigenvalue weighted by molar-refractivity contribution is 0.229.